The molecule has 0 fully saturated rings. The number of nitrogens with one attached hydrogen (secondary N) is 1. The van der Waals surface area contributed by atoms with Crippen molar-refractivity contribution in [3.63, 3.8) is 0 Å². The Kier molecular flexibility index (Phi) is 7.65. The van der Waals surface area contributed by atoms with E-state index in [-0.39, 0.29) is 12.4 Å². The minimum atomic E-state index is 0. The first kappa shape index (κ1) is 17.3. The molecule has 2 aromatic carbocycles. The van der Waals surface area contributed by atoms with Gasteiger partial charge in [0.2, 0.25) is 0 Å². The summed E-state index contributed by atoms with van der Waals surface area (Å²) in [6.07, 6.45) is 0. The molecule has 0 radical (unpaired) electrons. The number of halogens is 1. The highest BCUT2D eigenvalue weighted by molar-refractivity contribution is 5.85. The quantitative estimate of drug-likeness (QED) is 0.844. The Morgan fingerprint density at radius 3 is 2.33 bits per heavy atom. The fraction of sp³-hybridized carbons (Fsp3) is 0.294. The van der Waals surface area contributed by atoms with Gasteiger partial charge in [-0.05, 0) is 37.2 Å². The molecule has 0 aliphatic rings. The predicted octanol–water partition coefficient (Wildman–Crippen LogP) is 3.81. The van der Waals surface area contributed by atoms with E-state index in [1.807, 2.05) is 44.3 Å². The summed E-state index contributed by atoms with van der Waals surface area (Å²) in [6.45, 7) is 3.97. The van der Waals surface area contributed by atoms with Gasteiger partial charge < -0.3 is 14.8 Å². The normalized spacial score (nSPS) is 9.81. The van der Waals surface area contributed by atoms with Crippen LogP contribution in [0, 0.1) is 0 Å². The summed E-state index contributed by atoms with van der Waals surface area (Å²) < 4.78 is 11.5. The molecule has 0 unspecified atom stereocenters. The first-order valence-corrected chi connectivity index (χ1v) is 6.90. The van der Waals surface area contributed by atoms with Crippen molar-refractivity contribution in [2.45, 2.75) is 20.1 Å². The summed E-state index contributed by atoms with van der Waals surface area (Å²) >= 11 is 0. The van der Waals surface area contributed by atoms with Crippen molar-refractivity contribution in [2.75, 3.05) is 13.7 Å². The van der Waals surface area contributed by atoms with E-state index in [1.165, 1.54) is 5.56 Å². The van der Waals surface area contributed by atoms with Crippen LogP contribution in [0.25, 0.3) is 0 Å². The van der Waals surface area contributed by atoms with Crippen molar-refractivity contribution in [2.24, 2.45) is 0 Å². The zero-order chi connectivity index (χ0) is 14.2. The molecule has 0 heterocycles. The lowest BCUT2D eigenvalue weighted by atomic mass is 10.2. The van der Waals surface area contributed by atoms with E-state index in [0.29, 0.717) is 13.2 Å². The molecular weight excluding hydrogens is 286 g/mol. The van der Waals surface area contributed by atoms with Gasteiger partial charge in [-0.1, -0.05) is 36.4 Å². The molecule has 0 aliphatic carbocycles. The summed E-state index contributed by atoms with van der Waals surface area (Å²) in [5, 5.41) is 3.13. The standard InChI is InChI=1S/C17H21NO2.ClH/c1-3-19-17-11-15(12-18-2)9-10-16(17)20-13-14-7-5-4-6-8-14;/h4-11,18H,3,12-13H2,1-2H3;1H. The van der Waals surface area contributed by atoms with Gasteiger partial charge in [-0.3, -0.25) is 0 Å². The Morgan fingerprint density at radius 2 is 1.67 bits per heavy atom. The predicted molar refractivity (Wildman–Crippen MR) is 88.4 cm³/mol. The van der Waals surface area contributed by atoms with E-state index in [4.69, 9.17) is 9.47 Å². The Hall–Kier alpha value is -1.71. The summed E-state index contributed by atoms with van der Waals surface area (Å²) in [6, 6.07) is 16.2. The first-order valence-electron chi connectivity index (χ1n) is 6.90. The van der Waals surface area contributed by atoms with Gasteiger partial charge in [0.05, 0.1) is 6.61 Å². The average molecular weight is 308 g/mol. The van der Waals surface area contributed by atoms with Crippen molar-refractivity contribution in [3.8, 4) is 11.5 Å². The van der Waals surface area contributed by atoms with Crippen molar-refractivity contribution in [3.05, 3.63) is 59.7 Å². The molecule has 0 bridgehead atoms. The topological polar surface area (TPSA) is 30.5 Å². The van der Waals surface area contributed by atoms with Crippen LogP contribution in [0.15, 0.2) is 48.5 Å². The Morgan fingerprint density at radius 1 is 0.905 bits per heavy atom. The van der Waals surface area contributed by atoms with E-state index >= 15 is 0 Å². The highest BCUT2D eigenvalue weighted by Crippen LogP contribution is 2.29. The number of hydrogen-bond acceptors (Lipinski definition) is 3. The molecule has 21 heavy (non-hydrogen) atoms. The summed E-state index contributed by atoms with van der Waals surface area (Å²) in [5.41, 5.74) is 2.33. The highest BCUT2D eigenvalue weighted by Gasteiger charge is 2.06. The third-order valence-electron chi connectivity index (χ3n) is 2.93. The molecule has 3 nitrogen and oxygen atoms in total. The minimum absolute atomic E-state index is 0. The van der Waals surface area contributed by atoms with Gasteiger partial charge in [0.1, 0.15) is 6.61 Å². The lowest BCUT2D eigenvalue weighted by molar-refractivity contribution is 0.269. The molecule has 0 amide bonds. The second kappa shape index (κ2) is 9.27. The molecule has 0 aromatic heterocycles. The van der Waals surface area contributed by atoms with Crippen LogP contribution in [0.4, 0.5) is 0 Å². The fourth-order valence-electron chi connectivity index (χ4n) is 1.99. The van der Waals surface area contributed by atoms with Crippen LogP contribution in [-0.4, -0.2) is 13.7 Å². The van der Waals surface area contributed by atoms with Gasteiger partial charge in [0.15, 0.2) is 11.5 Å². The maximum Gasteiger partial charge on any atom is 0.161 e. The third-order valence-corrected chi connectivity index (χ3v) is 2.93. The lowest BCUT2D eigenvalue weighted by Gasteiger charge is -2.13. The molecule has 0 saturated heterocycles. The van der Waals surface area contributed by atoms with Crippen LogP contribution in [0.1, 0.15) is 18.1 Å². The lowest BCUT2D eigenvalue weighted by Crippen LogP contribution is -2.06. The molecule has 0 saturated carbocycles. The molecule has 2 rings (SSSR count). The maximum absolute atomic E-state index is 5.86. The number of rotatable bonds is 7. The zero-order valence-corrected chi connectivity index (χ0v) is 13.3. The van der Waals surface area contributed by atoms with Crippen LogP contribution in [-0.2, 0) is 13.2 Å². The number of hydrogen-bond donors (Lipinski definition) is 1. The van der Waals surface area contributed by atoms with E-state index in [0.717, 1.165) is 23.6 Å². The van der Waals surface area contributed by atoms with Crippen LogP contribution >= 0.6 is 12.4 Å². The highest BCUT2D eigenvalue weighted by atomic mass is 35.5. The van der Waals surface area contributed by atoms with E-state index in [1.54, 1.807) is 0 Å². The minimum Gasteiger partial charge on any atom is -0.490 e. The SMILES string of the molecule is CCOc1cc(CNC)ccc1OCc1ccccc1.Cl. The smallest absolute Gasteiger partial charge is 0.161 e. The average Bonchev–Trinajstić information content (AvgIpc) is 2.48. The summed E-state index contributed by atoms with van der Waals surface area (Å²) in [5.74, 6) is 1.59. The molecule has 0 aliphatic heterocycles. The second-order valence-corrected chi connectivity index (χ2v) is 4.52. The summed E-state index contributed by atoms with van der Waals surface area (Å²) in [7, 11) is 1.93. The van der Waals surface area contributed by atoms with Crippen molar-refractivity contribution >= 4 is 12.4 Å². The Bertz CT molecular complexity index is 532. The Balaban J connectivity index is 0.00000220. The Labute approximate surface area is 132 Å². The third kappa shape index (κ3) is 5.29. The first-order chi connectivity index (χ1) is 9.83. The van der Waals surface area contributed by atoms with Gasteiger partial charge in [-0.2, -0.15) is 0 Å². The van der Waals surface area contributed by atoms with Gasteiger partial charge in [-0.15, -0.1) is 12.4 Å². The van der Waals surface area contributed by atoms with E-state index < -0.39 is 0 Å². The number of ether oxygens (including phenoxy) is 2. The monoisotopic (exact) mass is 307 g/mol. The van der Waals surface area contributed by atoms with Crippen LogP contribution in [0.3, 0.4) is 0 Å². The van der Waals surface area contributed by atoms with Gasteiger partial charge in [0.25, 0.3) is 0 Å². The second-order valence-electron chi connectivity index (χ2n) is 4.52. The molecule has 1 N–H and O–H groups in total. The molecule has 0 atom stereocenters. The molecule has 0 spiro atoms. The largest absolute Gasteiger partial charge is 0.490 e. The van der Waals surface area contributed by atoms with Gasteiger partial charge in [0, 0.05) is 6.54 Å². The van der Waals surface area contributed by atoms with Crippen LogP contribution < -0.4 is 14.8 Å². The molecule has 114 valence electrons. The molecule has 4 heteroatoms. The van der Waals surface area contributed by atoms with Crippen molar-refractivity contribution in [1.82, 2.24) is 5.32 Å². The van der Waals surface area contributed by atoms with Crippen molar-refractivity contribution in [1.29, 1.82) is 0 Å². The van der Waals surface area contributed by atoms with E-state index in [9.17, 15) is 0 Å². The number of benzene rings is 2. The van der Waals surface area contributed by atoms with Crippen LogP contribution in [0.5, 0.6) is 11.5 Å². The summed E-state index contributed by atoms with van der Waals surface area (Å²) in [4.78, 5) is 0. The van der Waals surface area contributed by atoms with Gasteiger partial charge >= 0.3 is 0 Å². The zero-order valence-electron chi connectivity index (χ0n) is 12.5. The maximum atomic E-state index is 5.86. The van der Waals surface area contributed by atoms with Crippen molar-refractivity contribution < 1.29 is 9.47 Å². The molecular formula is C17H22ClNO2. The molecule has 2 aromatic rings. The van der Waals surface area contributed by atoms with Gasteiger partial charge in [-0.25, -0.2) is 0 Å². The fourth-order valence-corrected chi connectivity index (χ4v) is 1.99. The van der Waals surface area contributed by atoms with E-state index in [2.05, 4.69) is 23.5 Å². The van der Waals surface area contributed by atoms with Crippen LogP contribution in [0.2, 0.25) is 0 Å².